The summed E-state index contributed by atoms with van der Waals surface area (Å²) < 4.78 is 0. The number of nitrogens with zero attached hydrogens (tertiary/aromatic N) is 3. The molecule has 0 aliphatic carbocycles. The van der Waals surface area contributed by atoms with Crippen molar-refractivity contribution in [1.29, 1.82) is 0 Å². The molecule has 8 heteroatoms. The lowest BCUT2D eigenvalue weighted by atomic mass is 9.80. The molecule has 0 spiro atoms. The van der Waals surface area contributed by atoms with Crippen LogP contribution in [0, 0.1) is 13.8 Å². The fourth-order valence-electron chi connectivity index (χ4n) is 3.50. The molecule has 144 valence electrons. The molecule has 2 amide bonds. The first-order valence-electron chi connectivity index (χ1n) is 9.04. The van der Waals surface area contributed by atoms with Gasteiger partial charge in [0.2, 0.25) is 16.9 Å². The topological polar surface area (TPSA) is 87.2 Å². The van der Waals surface area contributed by atoms with E-state index in [2.05, 4.69) is 56.9 Å². The minimum absolute atomic E-state index is 0.0339. The van der Waals surface area contributed by atoms with Crippen molar-refractivity contribution < 1.29 is 9.59 Å². The largest absolute Gasteiger partial charge is 0.347 e. The zero-order valence-electron chi connectivity index (χ0n) is 15.9. The van der Waals surface area contributed by atoms with Gasteiger partial charge in [0.1, 0.15) is 5.01 Å². The Morgan fingerprint density at radius 1 is 1.15 bits per heavy atom. The molecule has 1 aromatic heterocycles. The standard InChI is InChI=1S/C19H25N5O2S/c1-13-4-6-16(7-5-13)19(21-14(2)25)8-10-24(11-9-19)12-17(26)20-18-23-22-15(3)27-18/h4-7H,8-12H2,1-3H3,(H,21,25)(H,20,23,26). The SMILES string of the molecule is CC(=O)NC1(c2ccc(C)cc2)CCN(CC(=O)Nc2nnc(C)s2)CC1. The van der Waals surface area contributed by atoms with Gasteiger partial charge >= 0.3 is 0 Å². The molecule has 0 atom stereocenters. The van der Waals surface area contributed by atoms with Crippen LogP contribution >= 0.6 is 11.3 Å². The number of carbonyl (C=O) groups excluding carboxylic acids is 2. The highest BCUT2D eigenvalue weighted by Gasteiger charge is 2.37. The van der Waals surface area contributed by atoms with Gasteiger partial charge in [0.25, 0.3) is 0 Å². The van der Waals surface area contributed by atoms with Crippen LogP contribution in [0.4, 0.5) is 5.13 Å². The summed E-state index contributed by atoms with van der Waals surface area (Å²) in [6, 6.07) is 8.32. The van der Waals surface area contributed by atoms with Crippen molar-refractivity contribution >= 4 is 28.3 Å². The van der Waals surface area contributed by atoms with Crippen molar-refractivity contribution in [2.75, 3.05) is 25.0 Å². The van der Waals surface area contributed by atoms with E-state index in [1.54, 1.807) is 6.92 Å². The Balaban J connectivity index is 1.62. The number of likely N-dealkylation sites (tertiary alicyclic amines) is 1. The normalized spacial score (nSPS) is 16.7. The third-order valence-corrected chi connectivity index (χ3v) is 5.62. The van der Waals surface area contributed by atoms with Crippen molar-refractivity contribution in [2.45, 2.75) is 39.2 Å². The number of hydrogen-bond acceptors (Lipinski definition) is 6. The Kier molecular flexibility index (Phi) is 5.86. The van der Waals surface area contributed by atoms with Gasteiger partial charge in [-0.25, -0.2) is 0 Å². The zero-order valence-corrected chi connectivity index (χ0v) is 16.7. The zero-order chi connectivity index (χ0) is 19.4. The molecule has 1 saturated heterocycles. The quantitative estimate of drug-likeness (QED) is 0.821. The molecular weight excluding hydrogens is 362 g/mol. The third kappa shape index (κ3) is 4.90. The number of aryl methyl sites for hydroxylation is 2. The highest BCUT2D eigenvalue weighted by Crippen LogP contribution is 2.33. The second-order valence-corrected chi connectivity index (χ2v) is 8.26. The molecule has 0 saturated carbocycles. The van der Waals surface area contributed by atoms with Gasteiger partial charge in [0, 0.05) is 20.0 Å². The predicted octanol–water partition coefficient (Wildman–Crippen LogP) is 2.22. The Morgan fingerprint density at radius 2 is 1.81 bits per heavy atom. The molecule has 1 aliphatic heterocycles. The van der Waals surface area contributed by atoms with Crippen LogP contribution in [0.5, 0.6) is 0 Å². The number of hydrogen-bond donors (Lipinski definition) is 2. The summed E-state index contributed by atoms with van der Waals surface area (Å²) in [5, 5.41) is 15.1. The summed E-state index contributed by atoms with van der Waals surface area (Å²) in [5.74, 6) is -0.123. The van der Waals surface area contributed by atoms with E-state index >= 15 is 0 Å². The number of piperidine rings is 1. The number of benzene rings is 1. The van der Waals surface area contributed by atoms with Crippen molar-refractivity contribution in [3.8, 4) is 0 Å². The lowest BCUT2D eigenvalue weighted by molar-refractivity contribution is -0.122. The van der Waals surface area contributed by atoms with Gasteiger partial charge in [-0.05, 0) is 32.3 Å². The van der Waals surface area contributed by atoms with Gasteiger partial charge in [0.05, 0.1) is 12.1 Å². The van der Waals surface area contributed by atoms with E-state index in [1.807, 2.05) is 6.92 Å². The number of amides is 2. The van der Waals surface area contributed by atoms with Crippen LogP contribution in [-0.4, -0.2) is 46.5 Å². The van der Waals surface area contributed by atoms with Crippen LogP contribution in [0.1, 0.15) is 35.9 Å². The van der Waals surface area contributed by atoms with Crippen molar-refractivity contribution in [3.05, 3.63) is 40.4 Å². The lowest BCUT2D eigenvalue weighted by Gasteiger charge is -2.42. The molecule has 27 heavy (non-hydrogen) atoms. The molecule has 1 aliphatic rings. The monoisotopic (exact) mass is 387 g/mol. The molecule has 7 nitrogen and oxygen atoms in total. The molecule has 0 bridgehead atoms. The predicted molar refractivity (Wildman–Crippen MR) is 106 cm³/mol. The van der Waals surface area contributed by atoms with Gasteiger partial charge in [-0.2, -0.15) is 0 Å². The molecular formula is C19H25N5O2S. The molecule has 1 fully saturated rings. The molecule has 0 unspecified atom stereocenters. The molecule has 2 aromatic rings. The average molecular weight is 388 g/mol. The molecule has 3 rings (SSSR count). The Hall–Kier alpha value is -2.32. The fraction of sp³-hybridized carbons (Fsp3) is 0.474. The smallest absolute Gasteiger partial charge is 0.240 e. The van der Waals surface area contributed by atoms with Crippen molar-refractivity contribution in [2.24, 2.45) is 0 Å². The van der Waals surface area contributed by atoms with Crippen LogP contribution in [0.3, 0.4) is 0 Å². The number of carbonyl (C=O) groups is 2. The summed E-state index contributed by atoms with van der Waals surface area (Å²) >= 11 is 1.36. The Labute approximate surface area is 163 Å². The third-order valence-electron chi connectivity index (χ3n) is 4.87. The molecule has 2 N–H and O–H groups in total. The molecule has 1 aromatic carbocycles. The van der Waals surface area contributed by atoms with Crippen LogP contribution in [0.2, 0.25) is 0 Å². The molecule has 0 radical (unpaired) electrons. The minimum Gasteiger partial charge on any atom is -0.347 e. The fourth-order valence-corrected chi connectivity index (χ4v) is 4.11. The number of rotatable bonds is 5. The van der Waals surface area contributed by atoms with Crippen LogP contribution < -0.4 is 10.6 Å². The van der Waals surface area contributed by atoms with Gasteiger partial charge in [-0.1, -0.05) is 41.2 Å². The summed E-state index contributed by atoms with van der Waals surface area (Å²) in [5.41, 5.74) is 1.94. The first kappa shape index (κ1) is 19.4. The minimum atomic E-state index is -0.372. The first-order valence-corrected chi connectivity index (χ1v) is 9.86. The number of anilines is 1. The van der Waals surface area contributed by atoms with E-state index in [4.69, 9.17) is 0 Å². The first-order chi connectivity index (χ1) is 12.9. The lowest BCUT2D eigenvalue weighted by Crippen LogP contribution is -2.53. The van der Waals surface area contributed by atoms with Crippen LogP contribution in [-0.2, 0) is 15.1 Å². The summed E-state index contributed by atoms with van der Waals surface area (Å²) in [6.45, 7) is 7.23. The van der Waals surface area contributed by atoms with E-state index in [1.165, 1.54) is 16.9 Å². The van der Waals surface area contributed by atoms with Crippen molar-refractivity contribution in [1.82, 2.24) is 20.4 Å². The summed E-state index contributed by atoms with van der Waals surface area (Å²) in [7, 11) is 0. The maximum atomic E-state index is 12.3. The van der Waals surface area contributed by atoms with Crippen molar-refractivity contribution in [3.63, 3.8) is 0 Å². The average Bonchev–Trinajstić information content (AvgIpc) is 3.01. The maximum absolute atomic E-state index is 12.3. The van der Waals surface area contributed by atoms with Gasteiger partial charge in [0.15, 0.2) is 0 Å². The van der Waals surface area contributed by atoms with E-state index in [-0.39, 0.29) is 17.4 Å². The van der Waals surface area contributed by atoms with E-state index in [9.17, 15) is 9.59 Å². The Bertz CT molecular complexity index is 810. The second-order valence-electron chi connectivity index (χ2n) is 7.08. The van der Waals surface area contributed by atoms with E-state index < -0.39 is 0 Å². The number of nitrogens with one attached hydrogen (secondary N) is 2. The van der Waals surface area contributed by atoms with Crippen LogP contribution in [0.25, 0.3) is 0 Å². The van der Waals surface area contributed by atoms with E-state index in [0.29, 0.717) is 11.7 Å². The van der Waals surface area contributed by atoms with Gasteiger partial charge in [-0.3, -0.25) is 19.8 Å². The second kappa shape index (κ2) is 8.14. The summed E-state index contributed by atoms with van der Waals surface area (Å²) in [4.78, 5) is 26.2. The highest BCUT2D eigenvalue weighted by molar-refractivity contribution is 7.15. The van der Waals surface area contributed by atoms with Gasteiger partial charge in [-0.15, -0.1) is 10.2 Å². The van der Waals surface area contributed by atoms with E-state index in [0.717, 1.165) is 36.5 Å². The highest BCUT2D eigenvalue weighted by atomic mass is 32.1. The van der Waals surface area contributed by atoms with Crippen LogP contribution in [0.15, 0.2) is 24.3 Å². The van der Waals surface area contributed by atoms with Gasteiger partial charge < -0.3 is 5.32 Å². The Morgan fingerprint density at radius 3 is 2.37 bits per heavy atom. The summed E-state index contributed by atoms with van der Waals surface area (Å²) in [6.07, 6.45) is 1.53. The maximum Gasteiger partial charge on any atom is 0.240 e. The number of aromatic nitrogens is 2. The molecule has 2 heterocycles.